The minimum Gasteiger partial charge on any atom is -0.368 e. The van der Waals surface area contributed by atoms with E-state index in [0.717, 1.165) is 6.54 Å². The van der Waals surface area contributed by atoms with Crippen LogP contribution in [-0.4, -0.2) is 29.2 Å². The fourth-order valence-corrected chi connectivity index (χ4v) is 1.96. The first kappa shape index (κ1) is 15.0. The van der Waals surface area contributed by atoms with Crippen molar-refractivity contribution in [2.45, 2.75) is 19.8 Å². The maximum Gasteiger partial charge on any atom is 0.271 e. The Morgan fingerprint density at radius 2 is 1.90 bits per heavy atom. The summed E-state index contributed by atoms with van der Waals surface area (Å²) < 4.78 is 0. The average Bonchev–Trinajstić information content (AvgIpc) is 2.54. The van der Waals surface area contributed by atoms with Crippen molar-refractivity contribution in [1.29, 1.82) is 0 Å². The fourth-order valence-electron chi connectivity index (χ4n) is 1.96. The van der Waals surface area contributed by atoms with Crippen LogP contribution in [0, 0.1) is 0 Å². The van der Waals surface area contributed by atoms with Crippen molar-refractivity contribution in [2.75, 3.05) is 18.4 Å². The van der Waals surface area contributed by atoms with E-state index in [1.807, 2.05) is 25.1 Å². The number of benzene rings is 1. The smallest absolute Gasteiger partial charge is 0.271 e. The van der Waals surface area contributed by atoms with Crippen LogP contribution < -0.4 is 10.6 Å². The molecular weight excluding hydrogens is 264 g/mol. The maximum absolute atomic E-state index is 11.6. The summed E-state index contributed by atoms with van der Waals surface area (Å²) in [5.74, 6) is 0.844. The van der Waals surface area contributed by atoms with Crippen LogP contribution in [0.5, 0.6) is 0 Å². The molecule has 2 N–H and O–H groups in total. The first-order valence-corrected chi connectivity index (χ1v) is 7.11. The summed E-state index contributed by atoms with van der Waals surface area (Å²) in [5.41, 5.74) is 1.61. The molecule has 5 heteroatoms. The molecule has 1 unspecified atom stereocenters. The van der Waals surface area contributed by atoms with E-state index in [9.17, 15) is 4.79 Å². The standard InChI is InChI=1S/C16H20N4O/c1-3-17-16(21)14-9-10-15(20-19-14)18-11-12(2)13-7-5-4-6-8-13/h4-10,12H,3,11H2,1-2H3,(H,17,21)(H,18,20). The average molecular weight is 284 g/mol. The van der Waals surface area contributed by atoms with Gasteiger partial charge in [0.15, 0.2) is 5.69 Å². The van der Waals surface area contributed by atoms with Gasteiger partial charge in [0.25, 0.3) is 5.91 Å². The monoisotopic (exact) mass is 284 g/mol. The molecule has 21 heavy (non-hydrogen) atoms. The second kappa shape index (κ2) is 7.38. The molecule has 1 aromatic heterocycles. The highest BCUT2D eigenvalue weighted by atomic mass is 16.1. The molecule has 0 aliphatic rings. The van der Waals surface area contributed by atoms with E-state index in [-0.39, 0.29) is 5.91 Å². The van der Waals surface area contributed by atoms with E-state index in [2.05, 4.69) is 39.9 Å². The molecule has 1 amide bonds. The molecule has 0 aliphatic carbocycles. The molecule has 2 rings (SSSR count). The molecule has 0 saturated heterocycles. The Hall–Kier alpha value is -2.43. The lowest BCUT2D eigenvalue weighted by atomic mass is 10.0. The topological polar surface area (TPSA) is 66.9 Å². The number of nitrogens with one attached hydrogen (secondary N) is 2. The minimum absolute atomic E-state index is 0.200. The number of carbonyl (C=O) groups excluding carboxylic acids is 1. The van der Waals surface area contributed by atoms with E-state index < -0.39 is 0 Å². The van der Waals surface area contributed by atoms with Crippen LogP contribution in [0.4, 0.5) is 5.82 Å². The van der Waals surface area contributed by atoms with Crippen molar-refractivity contribution in [2.24, 2.45) is 0 Å². The Morgan fingerprint density at radius 1 is 1.14 bits per heavy atom. The number of hydrogen-bond donors (Lipinski definition) is 2. The maximum atomic E-state index is 11.6. The second-order valence-electron chi connectivity index (χ2n) is 4.86. The van der Waals surface area contributed by atoms with Crippen LogP contribution in [0.25, 0.3) is 0 Å². The van der Waals surface area contributed by atoms with Crippen LogP contribution in [0.2, 0.25) is 0 Å². The van der Waals surface area contributed by atoms with Crippen molar-refractivity contribution in [3.8, 4) is 0 Å². The number of rotatable bonds is 6. The van der Waals surface area contributed by atoms with Gasteiger partial charge in [0.2, 0.25) is 0 Å². The number of carbonyl (C=O) groups is 1. The number of anilines is 1. The quantitative estimate of drug-likeness (QED) is 0.855. The highest BCUT2D eigenvalue weighted by Crippen LogP contribution is 2.15. The van der Waals surface area contributed by atoms with Gasteiger partial charge in [-0.1, -0.05) is 37.3 Å². The van der Waals surface area contributed by atoms with Crippen LogP contribution in [0.15, 0.2) is 42.5 Å². The van der Waals surface area contributed by atoms with E-state index in [1.165, 1.54) is 5.56 Å². The molecule has 2 aromatic rings. The van der Waals surface area contributed by atoms with E-state index in [1.54, 1.807) is 12.1 Å². The first-order valence-electron chi connectivity index (χ1n) is 7.11. The molecular formula is C16H20N4O. The summed E-state index contributed by atoms with van der Waals surface area (Å²) in [6.45, 7) is 5.36. The lowest BCUT2D eigenvalue weighted by Gasteiger charge is -2.13. The van der Waals surface area contributed by atoms with Gasteiger partial charge in [-0.3, -0.25) is 4.79 Å². The van der Waals surface area contributed by atoms with Crippen LogP contribution in [0.3, 0.4) is 0 Å². The highest BCUT2D eigenvalue weighted by molar-refractivity contribution is 5.92. The molecule has 0 bridgehead atoms. The lowest BCUT2D eigenvalue weighted by molar-refractivity contribution is 0.0950. The predicted octanol–water partition coefficient (Wildman–Crippen LogP) is 2.44. The zero-order valence-electron chi connectivity index (χ0n) is 12.3. The Kier molecular flexibility index (Phi) is 5.26. The van der Waals surface area contributed by atoms with Gasteiger partial charge in [-0.25, -0.2) is 0 Å². The summed E-state index contributed by atoms with van der Waals surface area (Å²) in [4.78, 5) is 11.6. The largest absolute Gasteiger partial charge is 0.368 e. The zero-order valence-corrected chi connectivity index (χ0v) is 12.3. The van der Waals surface area contributed by atoms with E-state index in [0.29, 0.717) is 24.0 Å². The fraction of sp³-hybridized carbons (Fsp3) is 0.312. The third-order valence-corrected chi connectivity index (χ3v) is 3.19. The lowest BCUT2D eigenvalue weighted by Crippen LogP contribution is -2.24. The molecule has 5 nitrogen and oxygen atoms in total. The summed E-state index contributed by atoms with van der Waals surface area (Å²) in [6.07, 6.45) is 0. The Labute approximate surface area is 124 Å². The van der Waals surface area contributed by atoms with Crippen molar-refractivity contribution in [3.63, 3.8) is 0 Å². The summed E-state index contributed by atoms with van der Waals surface area (Å²) >= 11 is 0. The van der Waals surface area contributed by atoms with Crippen molar-refractivity contribution in [1.82, 2.24) is 15.5 Å². The SMILES string of the molecule is CCNC(=O)c1ccc(NCC(C)c2ccccc2)nn1. The third-order valence-electron chi connectivity index (χ3n) is 3.19. The Bertz CT molecular complexity index is 569. The number of amides is 1. The van der Waals surface area contributed by atoms with Gasteiger partial charge in [-0.05, 0) is 30.5 Å². The van der Waals surface area contributed by atoms with Crippen molar-refractivity contribution < 1.29 is 4.79 Å². The molecule has 0 fully saturated rings. The molecule has 0 radical (unpaired) electrons. The first-order chi connectivity index (χ1) is 10.2. The molecule has 0 aliphatic heterocycles. The normalized spacial score (nSPS) is 11.7. The summed E-state index contributed by atoms with van der Waals surface area (Å²) in [7, 11) is 0. The minimum atomic E-state index is -0.200. The molecule has 1 aromatic carbocycles. The van der Waals surface area contributed by atoms with Gasteiger partial charge in [0.05, 0.1) is 0 Å². The van der Waals surface area contributed by atoms with Gasteiger partial charge < -0.3 is 10.6 Å². The summed E-state index contributed by atoms with van der Waals surface area (Å²) in [6, 6.07) is 13.7. The number of aromatic nitrogens is 2. The number of hydrogen-bond acceptors (Lipinski definition) is 4. The Balaban J connectivity index is 1.90. The molecule has 1 atom stereocenters. The van der Waals surface area contributed by atoms with Crippen molar-refractivity contribution in [3.05, 3.63) is 53.7 Å². The van der Waals surface area contributed by atoms with E-state index in [4.69, 9.17) is 0 Å². The molecule has 1 heterocycles. The molecule has 0 saturated carbocycles. The van der Waals surface area contributed by atoms with Gasteiger partial charge >= 0.3 is 0 Å². The molecule has 0 spiro atoms. The highest BCUT2D eigenvalue weighted by Gasteiger charge is 2.08. The van der Waals surface area contributed by atoms with Crippen LogP contribution >= 0.6 is 0 Å². The van der Waals surface area contributed by atoms with Crippen LogP contribution in [-0.2, 0) is 0 Å². The van der Waals surface area contributed by atoms with Crippen molar-refractivity contribution >= 4 is 11.7 Å². The van der Waals surface area contributed by atoms with Gasteiger partial charge in [-0.15, -0.1) is 10.2 Å². The van der Waals surface area contributed by atoms with Gasteiger partial charge in [0, 0.05) is 13.1 Å². The number of nitrogens with zero attached hydrogens (tertiary/aromatic N) is 2. The predicted molar refractivity (Wildman–Crippen MR) is 83.4 cm³/mol. The van der Waals surface area contributed by atoms with Gasteiger partial charge in [-0.2, -0.15) is 0 Å². The Morgan fingerprint density at radius 3 is 2.52 bits per heavy atom. The molecule has 110 valence electrons. The summed E-state index contributed by atoms with van der Waals surface area (Å²) in [5, 5.41) is 13.9. The third kappa shape index (κ3) is 4.27. The zero-order chi connectivity index (χ0) is 15.1. The second-order valence-corrected chi connectivity index (χ2v) is 4.86. The van der Waals surface area contributed by atoms with Gasteiger partial charge in [0.1, 0.15) is 5.82 Å². The van der Waals surface area contributed by atoms with E-state index >= 15 is 0 Å². The van der Waals surface area contributed by atoms with Crippen LogP contribution in [0.1, 0.15) is 35.8 Å².